The van der Waals surface area contributed by atoms with Gasteiger partial charge in [0.15, 0.2) is 5.13 Å². The largest absolute Gasteiger partial charge is 0.339 e. The van der Waals surface area contributed by atoms with Gasteiger partial charge in [0.25, 0.3) is 0 Å². The standard InChI is InChI=1S/C19H27N3O2S/c1-2-17(23)22-11-9-15(10-12-22)18(24)21-19-20-16(13-25-19)14-7-5-3-4-6-8-14/h2,13-15H,1,3-12H2,(H,20,21,24). The van der Waals surface area contributed by atoms with Crippen molar-refractivity contribution in [3.05, 3.63) is 23.7 Å². The molecule has 1 aromatic rings. The second-order valence-electron chi connectivity index (χ2n) is 7.06. The lowest BCUT2D eigenvalue weighted by molar-refractivity contribution is -0.130. The van der Waals surface area contributed by atoms with E-state index >= 15 is 0 Å². The van der Waals surface area contributed by atoms with Crippen molar-refractivity contribution >= 4 is 28.3 Å². The Kier molecular flexibility index (Phi) is 6.24. The molecule has 2 amide bonds. The van der Waals surface area contributed by atoms with Gasteiger partial charge in [-0.2, -0.15) is 0 Å². The number of amides is 2. The summed E-state index contributed by atoms with van der Waals surface area (Å²) >= 11 is 1.53. The number of rotatable bonds is 4. The molecule has 0 atom stereocenters. The first kappa shape index (κ1) is 18.1. The molecule has 0 aromatic carbocycles. The highest BCUT2D eigenvalue weighted by atomic mass is 32.1. The number of nitrogens with one attached hydrogen (secondary N) is 1. The third-order valence-electron chi connectivity index (χ3n) is 5.38. The molecule has 2 fully saturated rings. The Morgan fingerprint density at radius 2 is 1.84 bits per heavy atom. The van der Waals surface area contributed by atoms with E-state index in [-0.39, 0.29) is 17.7 Å². The van der Waals surface area contributed by atoms with Gasteiger partial charge in [-0.15, -0.1) is 11.3 Å². The number of carbonyl (C=O) groups is 2. The molecule has 0 unspecified atom stereocenters. The quantitative estimate of drug-likeness (QED) is 0.652. The molecule has 0 spiro atoms. The SMILES string of the molecule is C=CC(=O)N1CCC(C(=O)Nc2nc(C3CCCCCC3)cs2)CC1. The topological polar surface area (TPSA) is 62.3 Å². The van der Waals surface area contributed by atoms with Crippen molar-refractivity contribution in [2.24, 2.45) is 5.92 Å². The van der Waals surface area contributed by atoms with E-state index in [9.17, 15) is 9.59 Å². The average Bonchev–Trinajstić information content (AvgIpc) is 2.93. The normalized spacial score (nSPS) is 20.1. The minimum Gasteiger partial charge on any atom is -0.339 e. The Balaban J connectivity index is 1.52. The van der Waals surface area contributed by atoms with E-state index in [0.29, 0.717) is 37.0 Å². The summed E-state index contributed by atoms with van der Waals surface area (Å²) in [6.45, 7) is 4.75. The Morgan fingerprint density at radius 1 is 1.16 bits per heavy atom. The molecule has 3 rings (SSSR count). The van der Waals surface area contributed by atoms with Crippen LogP contribution in [0.2, 0.25) is 0 Å². The average molecular weight is 362 g/mol. The summed E-state index contributed by atoms with van der Waals surface area (Å²) in [4.78, 5) is 30.5. The van der Waals surface area contributed by atoms with Crippen molar-refractivity contribution in [2.45, 2.75) is 57.3 Å². The van der Waals surface area contributed by atoms with Gasteiger partial charge in [-0.3, -0.25) is 9.59 Å². The highest BCUT2D eigenvalue weighted by Crippen LogP contribution is 2.33. The van der Waals surface area contributed by atoms with Crippen LogP contribution in [0.5, 0.6) is 0 Å². The summed E-state index contributed by atoms with van der Waals surface area (Å²) in [6, 6.07) is 0. The highest BCUT2D eigenvalue weighted by Gasteiger charge is 2.27. The van der Waals surface area contributed by atoms with Crippen LogP contribution in [-0.2, 0) is 9.59 Å². The summed E-state index contributed by atoms with van der Waals surface area (Å²) in [5.41, 5.74) is 1.15. The molecule has 1 aliphatic carbocycles. The zero-order valence-corrected chi connectivity index (χ0v) is 15.5. The maximum absolute atomic E-state index is 12.5. The van der Waals surface area contributed by atoms with Crippen molar-refractivity contribution in [1.29, 1.82) is 0 Å². The summed E-state index contributed by atoms with van der Waals surface area (Å²) < 4.78 is 0. The molecule has 0 bridgehead atoms. The molecule has 136 valence electrons. The van der Waals surface area contributed by atoms with Crippen LogP contribution >= 0.6 is 11.3 Å². The van der Waals surface area contributed by atoms with E-state index < -0.39 is 0 Å². The monoisotopic (exact) mass is 361 g/mol. The Bertz CT molecular complexity index is 612. The predicted molar refractivity (Wildman–Crippen MR) is 101 cm³/mol. The third-order valence-corrected chi connectivity index (χ3v) is 6.15. The fourth-order valence-electron chi connectivity index (χ4n) is 3.80. The third kappa shape index (κ3) is 4.69. The Labute approximate surface area is 153 Å². The van der Waals surface area contributed by atoms with Gasteiger partial charge in [0.1, 0.15) is 0 Å². The van der Waals surface area contributed by atoms with Gasteiger partial charge in [0.05, 0.1) is 5.69 Å². The number of likely N-dealkylation sites (tertiary alicyclic amines) is 1. The number of hydrogen-bond donors (Lipinski definition) is 1. The molecular weight excluding hydrogens is 334 g/mol. The highest BCUT2D eigenvalue weighted by molar-refractivity contribution is 7.13. The lowest BCUT2D eigenvalue weighted by atomic mass is 9.96. The van der Waals surface area contributed by atoms with Gasteiger partial charge in [-0.1, -0.05) is 32.3 Å². The zero-order chi connectivity index (χ0) is 17.6. The van der Waals surface area contributed by atoms with Gasteiger partial charge >= 0.3 is 0 Å². The molecule has 1 aliphatic heterocycles. The van der Waals surface area contributed by atoms with Crippen LogP contribution in [0.15, 0.2) is 18.0 Å². The van der Waals surface area contributed by atoms with Crippen molar-refractivity contribution in [3.63, 3.8) is 0 Å². The van der Waals surface area contributed by atoms with Crippen LogP contribution in [0.25, 0.3) is 0 Å². The van der Waals surface area contributed by atoms with E-state index in [4.69, 9.17) is 0 Å². The van der Waals surface area contributed by atoms with Gasteiger partial charge in [-0.05, 0) is 31.8 Å². The van der Waals surface area contributed by atoms with E-state index in [1.54, 1.807) is 4.90 Å². The second kappa shape index (κ2) is 8.61. The molecular formula is C19H27N3O2S. The summed E-state index contributed by atoms with van der Waals surface area (Å²) in [5, 5.41) is 5.81. The van der Waals surface area contributed by atoms with Crippen LogP contribution in [0, 0.1) is 5.92 Å². The minimum absolute atomic E-state index is 0.0347. The van der Waals surface area contributed by atoms with Crippen molar-refractivity contribution in [3.8, 4) is 0 Å². The summed E-state index contributed by atoms with van der Waals surface area (Å²) in [7, 11) is 0. The number of hydrogen-bond acceptors (Lipinski definition) is 4. The molecule has 1 saturated carbocycles. The maximum atomic E-state index is 12.5. The van der Waals surface area contributed by atoms with E-state index in [2.05, 4.69) is 22.3 Å². The number of nitrogens with zero attached hydrogens (tertiary/aromatic N) is 2. The van der Waals surface area contributed by atoms with Crippen molar-refractivity contribution in [1.82, 2.24) is 9.88 Å². The van der Waals surface area contributed by atoms with Gasteiger partial charge < -0.3 is 10.2 Å². The maximum Gasteiger partial charge on any atom is 0.245 e. The lowest BCUT2D eigenvalue weighted by Gasteiger charge is -2.30. The van der Waals surface area contributed by atoms with E-state index in [1.807, 2.05) is 0 Å². The molecule has 6 heteroatoms. The number of aromatic nitrogens is 1. The minimum atomic E-state index is -0.0492. The van der Waals surface area contributed by atoms with Crippen molar-refractivity contribution < 1.29 is 9.59 Å². The molecule has 5 nitrogen and oxygen atoms in total. The lowest BCUT2D eigenvalue weighted by Crippen LogP contribution is -2.40. The smallest absolute Gasteiger partial charge is 0.245 e. The van der Waals surface area contributed by atoms with Crippen LogP contribution in [0.1, 0.15) is 63.0 Å². The molecule has 2 aliphatic rings. The molecule has 2 heterocycles. The Morgan fingerprint density at radius 3 is 2.48 bits per heavy atom. The van der Waals surface area contributed by atoms with Gasteiger partial charge in [0, 0.05) is 30.3 Å². The van der Waals surface area contributed by atoms with Crippen LogP contribution in [-0.4, -0.2) is 34.8 Å². The number of carbonyl (C=O) groups excluding carboxylic acids is 2. The predicted octanol–water partition coefficient (Wildman–Crippen LogP) is 3.94. The summed E-state index contributed by atoms with van der Waals surface area (Å²) in [6.07, 6.45) is 10.4. The second-order valence-corrected chi connectivity index (χ2v) is 7.92. The molecule has 1 N–H and O–H groups in total. The zero-order valence-electron chi connectivity index (χ0n) is 14.7. The molecule has 25 heavy (non-hydrogen) atoms. The first-order valence-electron chi connectivity index (χ1n) is 9.35. The molecule has 0 radical (unpaired) electrons. The van der Waals surface area contributed by atoms with Crippen molar-refractivity contribution in [2.75, 3.05) is 18.4 Å². The number of anilines is 1. The van der Waals surface area contributed by atoms with Crippen LogP contribution in [0.4, 0.5) is 5.13 Å². The van der Waals surface area contributed by atoms with E-state index in [1.165, 1.54) is 55.9 Å². The first-order chi connectivity index (χ1) is 12.2. The van der Waals surface area contributed by atoms with Crippen LogP contribution in [0.3, 0.4) is 0 Å². The van der Waals surface area contributed by atoms with E-state index in [0.717, 1.165) is 5.69 Å². The Hall–Kier alpha value is -1.69. The molecule has 1 saturated heterocycles. The van der Waals surface area contributed by atoms with Gasteiger partial charge in [0.2, 0.25) is 11.8 Å². The molecule has 1 aromatic heterocycles. The van der Waals surface area contributed by atoms with Crippen LogP contribution < -0.4 is 5.32 Å². The van der Waals surface area contributed by atoms with Gasteiger partial charge in [-0.25, -0.2) is 4.98 Å². The fourth-order valence-corrected chi connectivity index (χ4v) is 4.60. The summed E-state index contributed by atoms with van der Waals surface area (Å²) in [5.74, 6) is 0.496. The fraction of sp³-hybridized carbons (Fsp3) is 0.632. The number of thiazole rings is 1. The number of piperidine rings is 1. The first-order valence-corrected chi connectivity index (χ1v) is 10.2.